The molecule has 1 aliphatic carbocycles. The molecule has 2 aliphatic rings. The number of Topliss-reactive ketones (excluding diaryl/α,β-unsaturated/α-hetero) is 1. The maximum Gasteiger partial charge on any atom is 0.337 e. The van der Waals surface area contributed by atoms with Crippen molar-refractivity contribution in [3.8, 4) is 0 Å². The average molecular weight is 281 g/mol. The SMILES string of the molecule is CC(C)(C)C(=O)ON1CCC(C(=O)C2CCCC2)C1=O. The van der Waals surface area contributed by atoms with Crippen molar-refractivity contribution in [3.63, 3.8) is 0 Å². The van der Waals surface area contributed by atoms with Gasteiger partial charge >= 0.3 is 5.97 Å². The first-order valence-corrected chi connectivity index (χ1v) is 7.38. The number of hydroxylamine groups is 2. The third-order valence-electron chi connectivity index (χ3n) is 4.07. The molecule has 112 valence electrons. The molecule has 0 aromatic carbocycles. The van der Waals surface area contributed by atoms with Crippen LogP contribution in [0.3, 0.4) is 0 Å². The van der Waals surface area contributed by atoms with E-state index in [4.69, 9.17) is 4.84 Å². The average Bonchev–Trinajstić information content (AvgIpc) is 2.98. The van der Waals surface area contributed by atoms with Crippen LogP contribution in [0.4, 0.5) is 0 Å². The molecule has 1 saturated carbocycles. The zero-order valence-electron chi connectivity index (χ0n) is 12.5. The van der Waals surface area contributed by atoms with Gasteiger partial charge in [0.1, 0.15) is 11.7 Å². The highest BCUT2D eigenvalue weighted by molar-refractivity contribution is 6.03. The van der Waals surface area contributed by atoms with Gasteiger partial charge in [0, 0.05) is 5.92 Å². The summed E-state index contributed by atoms with van der Waals surface area (Å²) >= 11 is 0. The smallest absolute Gasteiger partial charge is 0.337 e. The fraction of sp³-hybridized carbons (Fsp3) is 0.800. The Labute approximate surface area is 119 Å². The summed E-state index contributed by atoms with van der Waals surface area (Å²) in [6.07, 6.45) is 4.39. The van der Waals surface area contributed by atoms with Crippen molar-refractivity contribution >= 4 is 17.7 Å². The number of amides is 1. The predicted octanol–water partition coefficient (Wildman–Crippen LogP) is 2.10. The molecule has 2 rings (SSSR count). The van der Waals surface area contributed by atoms with Gasteiger partial charge in [0.2, 0.25) is 0 Å². The summed E-state index contributed by atoms with van der Waals surface area (Å²) in [6.45, 7) is 5.52. The van der Waals surface area contributed by atoms with Crippen molar-refractivity contribution in [2.75, 3.05) is 6.54 Å². The molecule has 0 aromatic rings. The van der Waals surface area contributed by atoms with Crippen molar-refractivity contribution in [3.05, 3.63) is 0 Å². The van der Waals surface area contributed by atoms with Crippen molar-refractivity contribution in [1.29, 1.82) is 0 Å². The van der Waals surface area contributed by atoms with E-state index in [0.29, 0.717) is 13.0 Å². The number of carbonyl (C=O) groups excluding carboxylic acids is 3. The molecule has 0 bridgehead atoms. The summed E-state index contributed by atoms with van der Waals surface area (Å²) in [6, 6.07) is 0. The van der Waals surface area contributed by atoms with E-state index >= 15 is 0 Å². The third kappa shape index (κ3) is 3.02. The summed E-state index contributed by atoms with van der Waals surface area (Å²) in [4.78, 5) is 41.4. The van der Waals surface area contributed by atoms with Crippen LogP contribution in [0.5, 0.6) is 0 Å². The Balaban J connectivity index is 1.95. The standard InChI is InChI=1S/C15H23NO4/c1-15(2,3)14(19)20-16-9-8-11(13(16)18)12(17)10-6-4-5-7-10/h10-11H,4-9H2,1-3H3. The minimum absolute atomic E-state index is 0.0298. The number of rotatable bonds is 3. The maximum absolute atomic E-state index is 12.3. The summed E-state index contributed by atoms with van der Waals surface area (Å²) in [5, 5.41) is 1.07. The van der Waals surface area contributed by atoms with Crippen molar-refractivity contribution < 1.29 is 19.2 Å². The molecule has 0 aromatic heterocycles. The second-order valence-electron chi connectivity index (χ2n) is 6.79. The second kappa shape index (κ2) is 5.54. The number of carbonyl (C=O) groups is 3. The molecule has 1 saturated heterocycles. The van der Waals surface area contributed by atoms with E-state index in [0.717, 1.165) is 30.7 Å². The highest BCUT2D eigenvalue weighted by Gasteiger charge is 2.42. The molecular formula is C15H23NO4. The number of hydrogen-bond acceptors (Lipinski definition) is 4. The van der Waals surface area contributed by atoms with Gasteiger partial charge in [-0.2, -0.15) is 5.06 Å². The monoisotopic (exact) mass is 281 g/mol. The summed E-state index contributed by atoms with van der Waals surface area (Å²) in [7, 11) is 0. The minimum Gasteiger partial charge on any atom is -0.338 e. The van der Waals surface area contributed by atoms with Crippen molar-refractivity contribution in [1.82, 2.24) is 5.06 Å². The molecule has 1 atom stereocenters. The molecule has 1 aliphatic heterocycles. The lowest BCUT2D eigenvalue weighted by molar-refractivity contribution is -0.201. The fourth-order valence-corrected chi connectivity index (χ4v) is 2.74. The molecule has 5 heteroatoms. The van der Waals surface area contributed by atoms with Gasteiger partial charge in [0.05, 0.1) is 12.0 Å². The Hall–Kier alpha value is -1.39. The first kappa shape index (κ1) is 15.0. The Morgan fingerprint density at radius 2 is 1.75 bits per heavy atom. The summed E-state index contributed by atoms with van der Waals surface area (Å²) in [5.41, 5.74) is -0.659. The van der Waals surface area contributed by atoms with Crippen LogP contribution in [0, 0.1) is 17.3 Å². The molecular weight excluding hydrogens is 258 g/mol. The van der Waals surface area contributed by atoms with E-state index < -0.39 is 17.3 Å². The van der Waals surface area contributed by atoms with Gasteiger partial charge < -0.3 is 4.84 Å². The molecule has 0 radical (unpaired) electrons. The number of ketones is 1. The minimum atomic E-state index is -0.659. The number of nitrogens with zero attached hydrogens (tertiary/aromatic N) is 1. The van der Waals surface area contributed by atoms with Crippen LogP contribution in [-0.4, -0.2) is 29.3 Å². The molecule has 1 amide bonds. The fourth-order valence-electron chi connectivity index (χ4n) is 2.74. The van der Waals surface area contributed by atoms with Crippen LogP contribution >= 0.6 is 0 Å². The van der Waals surface area contributed by atoms with Gasteiger partial charge in [-0.25, -0.2) is 4.79 Å². The molecule has 5 nitrogen and oxygen atoms in total. The number of hydrogen-bond donors (Lipinski definition) is 0. The zero-order valence-corrected chi connectivity index (χ0v) is 12.5. The maximum atomic E-state index is 12.3. The predicted molar refractivity (Wildman–Crippen MR) is 72.3 cm³/mol. The third-order valence-corrected chi connectivity index (χ3v) is 4.07. The molecule has 1 heterocycles. The second-order valence-corrected chi connectivity index (χ2v) is 6.79. The molecule has 0 N–H and O–H groups in total. The van der Waals surface area contributed by atoms with E-state index in [1.54, 1.807) is 20.8 Å². The van der Waals surface area contributed by atoms with Gasteiger partial charge in [-0.05, 0) is 40.0 Å². The molecule has 0 spiro atoms. The van der Waals surface area contributed by atoms with Crippen LogP contribution in [0.2, 0.25) is 0 Å². The highest BCUT2D eigenvalue weighted by Crippen LogP contribution is 2.32. The van der Waals surface area contributed by atoms with Gasteiger partial charge in [0.25, 0.3) is 5.91 Å². The van der Waals surface area contributed by atoms with E-state index in [1.807, 2.05) is 0 Å². The molecule has 2 fully saturated rings. The first-order valence-electron chi connectivity index (χ1n) is 7.38. The molecule has 1 unspecified atom stereocenters. The highest BCUT2D eigenvalue weighted by atomic mass is 16.7. The van der Waals surface area contributed by atoms with E-state index in [2.05, 4.69) is 0 Å². The Kier molecular flexibility index (Phi) is 4.16. The normalized spacial score (nSPS) is 24.2. The van der Waals surface area contributed by atoms with Crippen LogP contribution in [0.1, 0.15) is 52.9 Å². The quantitative estimate of drug-likeness (QED) is 0.743. The summed E-state index contributed by atoms with van der Waals surface area (Å²) < 4.78 is 0. The van der Waals surface area contributed by atoms with Gasteiger partial charge in [-0.3, -0.25) is 9.59 Å². The zero-order chi connectivity index (χ0) is 14.9. The lowest BCUT2D eigenvalue weighted by Gasteiger charge is -2.22. The van der Waals surface area contributed by atoms with Crippen LogP contribution in [0.25, 0.3) is 0 Å². The Morgan fingerprint density at radius 3 is 2.30 bits per heavy atom. The van der Waals surface area contributed by atoms with E-state index in [9.17, 15) is 14.4 Å². The van der Waals surface area contributed by atoms with Gasteiger partial charge in [0.15, 0.2) is 0 Å². The Morgan fingerprint density at radius 1 is 1.15 bits per heavy atom. The van der Waals surface area contributed by atoms with Gasteiger partial charge in [-0.15, -0.1) is 0 Å². The lowest BCUT2D eigenvalue weighted by Crippen LogP contribution is -2.37. The largest absolute Gasteiger partial charge is 0.338 e. The van der Waals surface area contributed by atoms with E-state index in [1.165, 1.54) is 0 Å². The van der Waals surface area contributed by atoms with Crippen LogP contribution in [-0.2, 0) is 19.2 Å². The first-order chi connectivity index (χ1) is 9.30. The molecule has 20 heavy (non-hydrogen) atoms. The summed E-state index contributed by atoms with van der Waals surface area (Å²) in [5.74, 6) is -1.32. The van der Waals surface area contributed by atoms with Crippen LogP contribution < -0.4 is 0 Å². The van der Waals surface area contributed by atoms with Crippen molar-refractivity contribution in [2.45, 2.75) is 52.9 Å². The van der Waals surface area contributed by atoms with Crippen molar-refractivity contribution in [2.24, 2.45) is 17.3 Å². The van der Waals surface area contributed by atoms with Crippen LogP contribution in [0.15, 0.2) is 0 Å². The topological polar surface area (TPSA) is 63.7 Å². The van der Waals surface area contributed by atoms with Gasteiger partial charge in [-0.1, -0.05) is 12.8 Å². The Bertz CT molecular complexity index is 418. The van der Waals surface area contributed by atoms with E-state index in [-0.39, 0.29) is 17.6 Å². The lowest BCUT2D eigenvalue weighted by atomic mass is 9.90.